The molecular formula is C12H21N5. The van der Waals surface area contributed by atoms with Crippen LogP contribution in [0.2, 0.25) is 0 Å². The Morgan fingerprint density at radius 1 is 1.41 bits per heavy atom. The fourth-order valence-electron chi connectivity index (χ4n) is 3.39. The van der Waals surface area contributed by atoms with Crippen LogP contribution in [0.25, 0.3) is 0 Å². The molecule has 1 saturated heterocycles. The van der Waals surface area contributed by atoms with Crippen molar-refractivity contribution in [1.29, 1.82) is 0 Å². The molecule has 2 aliphatic rings. The highest BCUT2D eigenvalue weighted by Crippen LogP contribution is 2.35. The molecule has 1 aliphatic heterocycles. The number of likely N-dealkylation sites (tertiary alicyclic amines) is 1. The zero-order valence-corrected chi connectivity index (χ0v) is 10.4. The number of fused-ring (bicyclic) bond motifs is 1. The molecule has 2 fully saturated rings. The van der Waals surface area contributed by atoms with E-state index in [9.17, 15) is 0 Å². The first-order chi connectivity index (χ1) is 8.24. The van der Waals surface area contributed by atoms with Crippen molar-refractivity contribution in [3.05, 3.63) is 12.2 Å². The van der Waals surface area contributed by atoms with Crippen LogP contribution in [0.5, 0.6) is 0 Å². The highest BCUT2D eigenvalue weighted by atomic mass is 15.3. The van der Waals surface area contributed by atoms with Crippen LogP contribution in [0.15, 0.2) is 6.33 Å². The van der Waals surface area contributed by atoms with E-state index in [0.717, 1.165) is 24.8 Å². The standard InChI is InChI=1S/C12H21N5/c1-16-8-14-15-12(16)7-17-5-9-3-2-4-11(13)10(9)6-17/h8-11H,2-7,13H2,1H3. The first-order valence-corrected chi connectivity index (χ1v) is 6.55. The minimum Gasteiger partial charge on any atom is -0.327 e. The summed E-state index contributed by atoms with van der Waals surface area (Å²) in [7, 11) is 2.00. The third-order valence-electron chi connectivity index (χ3n) is 4.40. The number of aryl methyl sites for hydroxylation is 1. The first-order valence-electron chi connectivity index (χ1n) is 6.55. The highest BCUT2D eigenvalue weighted by Gasteiger charge is 2.38. The van der Waals surface area contributed by atoms with E-state index >= 15 is 0 Å². The molecule has 1 aliphatic carbocycles. The van der Waals surface area contributed by atoms with Crippen LogP contribution in [-0.2, 0) is 13.6 Å². The highest BCUT2D eigenvalue weighted by molar-refractivity contribution is 4.95. The average Bonchev–Trinajstić information content (AvgIpc) is 2.87. The minimum absolute atomic E-state index is 0.415. The maximum absolute atomic E-state index is 6.23. The second-order valence-corrected chi connectivity index (χ2v) is 5.57. The summed E-state index contributed by atoms with van der Waals surface area (Å²) in [5.74, 6) is 2.57. The van der Waals surface area contributed by atoms with E-state index in [4.69, 9.17) is 5.73 Å². The van der Waals surface area contributed by atoms with Gasteiger partial charge in [-0.2, -0.15) is 0 Å². The van der Waals surface area contributed by atoms with Crippen LogP contribution < -0.4 is 5.73 Å². The Labute approximate surface area is 102 Å². The van der Waals surface area contributed by atoms with Gasteiger partial charge in [-0.05, 0) is 24.7 Å². The van der Waals surface area contributed by atoms with Crippen LogP contribution in [-0.4, -0.2) is 38.8 Å². The normalized spacial score (nSPS) is 33.9. The predicted molar refractivity (Wildman–Crippen MR) is 65.1 cm³/mol. The molecule has 3 atom stereocenters. The summed E-state index contributed by atoms with van der Waals surface area (Å²) < 4.78 is 2.00. The van der Waals surface area contributed by atoms with Crippen molar-refractivity contribution >= 4 is 0 Å². The first kappa shape index (κ1) is 11.2. The van der Waals surface area contributed by atoms with Gasteiger partial charge in [-0.15, -0.1) is 10.2 Å². The van der Waals surface area contributed by atoms with Crippen LogP contribution >= 0.6 is 0 Å². The Morgan fingerprint density at radius 3 is 3.00 bits per heavy atom. The molecule has 94 valence electrons. The fraction of sp³-hybridized carbons (Fsp3) is 0.833. The molecule has 0 amide bonds. The number of nitrogens with two attached hydrogens (primary N) is 1. The predicted octanol–water partition coefficient (Wildman–Crippen LogP) is 0.374. The number of hydrogen-bond donors (Lipinski definition) is 1. The van der Waals surface area contributed by atoms with E-state index < -0.39 is 0 Å². The van der Waals surface area contributed by atoms with Crippen molar-refractivity contribution < 1.29 is 0 Å². The van der Waals surface area contributed by atoms with Gasteiger partial charge >= 0.3 is 0 Å². The molecule has 3 rings (SSSR count). The molecule has 5 heteroatoms. The monoisotopic (exact) mass is 235 g/mol. The smallest absolute Gasteiger partial charge is 0.146 e. The lowest BCUT2D eigenvalue weighted by atomic mass is 9.78. The lowest BCUT2D eigenvalue weighted by Gasteiger charge is -2.29. The number of hydrogen-bond acceptors (Lipinski definition) is 4. The van der Waals surface area contributed by atoms with Gasteiger partial charge in [0.15, 0.2) is 0 Å². The molecule has 2 N–H and O–H groups in total. The van der Waals surface area contributed by atoms with Crippen molar-refractivity contribution in [3.63, 3.8) is 0 Å². The SMILES string of the molecule is Cn1cnnc1CN1CC2CCCC(N)C2C1. The summed E-state index contributed by atoms with van der Waals surface area (Å²) >= 11 is 0. The summed E-state index contributed by atoms with van der Waals surface area (Å²) in [6.45, 7) is 3.24. The maximum Gasteiger partial charge on any atom is 0.146 e. The van der Waals surface area contributed by atoms with Crippen molar-refractivity contribution in [3.8, 4) is 0 Å². The quantitative estimate of drug-likeness (QED) is 0.805. The Hall–Kier alpha value is -0.940. The van der Waals surface area contributed by atoms with Gasteiger partial charge in [0.25, 0.3) is 0 Å². The fourth-order valence-corrected chi connectivity index (χ4v) is 3.39. The third-order valence-corrected chi connectivity index (χ3v) is 4.40. The largest absolute Gasteiger partial charge is 0.327 e. The van der Waals surface area contributed by atoms with E-state index in [1.54, 1.807) is 6.33 Å². The van der Waals surface area contributed by atoms with Gasteiger partial charge in [-0.3, -0.25) is 4.90 Å². The van der Waals surface area contributed by atoms with E-state index in [1.165, 1.54) is 25.8 Å². The molecule has 0 radical (unpaired) electrons. The molecule has 2 heterocycles. The van der Waals surface area contributed by atoms with E-state index in [2.05, 4.69) is 15.1 Å². The Morgan fingerprint density at radius 2 is 2.29 bits per heavy atom. The topological polar surface area (TPSA) is 60.0 Å². The molecule has 0 spiro atoms. The van der Waals surface area contributed by atoms with Crippen LogP contribution in [0.3, 0.4) is 0 Å². The molecule has 1 aromatic heterocycles. The molecule has 3 unspecified atom stereocenters. The second kappa shape index (κ2) is 4.38. The molecule has 0 bridgehead atoms. The van der Waals surface area contributed by atoms with Crippen molar-refractivity contribution in [2.24, 2.45) is 24.6 Å². The van der Waals surface area contributed by atoms with Crippen LogP contribution in [0.1, 0.15) is 25.1 Å². The number of aromatic nitrogens is 3. The summed E-state index contributed by atoms with van der Waals surface area (Å²) in [6.07, 6.45) is 5.64. The minimum atomic E-state index is 0.415. The van der Waals surface area contributed by atoms with Gasteiger partial charge in [0, 0.05) is 26.2 Å². The van der Waals surface area contributed by atoms with E-state index in [0.29, 0.717) is 12.0 Å². The van der Waals surface area contributed by atoms with E-state index in [-0.39, 0.29) is 0 Å². The lowest BCUT2D eigenvalue weighted by Crippen LogP contribution is -2.38. The Kier molecular flexibility index (Phi) is 2.88. The molecule has 5 nitrogen and oxygen atoms in total. The van der Waals surface area contributed by atoms with Gasteiger partial charge in [0.2, 0.25) is 0 Å². The summed E-state index contributed by atoms with van der Waals surface area (Å²) in [5.41, 5.74) is 6.23. The van der Waals surface area contributed by atoms with Crippen molar-refractivity contribution in [1.82, 2.24) is 19.7 Å². The van der Waals surface area contributed by atoms with Gasteiger partial charge in [-0.25, -0.2) is 0 Å². The van der Waals surface area contributed by atoms with E-state index in [1.807, 2.05) is 11.6 Å². The van der Waals surface area contributed by atoms with Crippen LogP contribution in [0, 0.1) is 11.8 Å². The molecule has 1 saturated carbocycles. The Bertz CT molecular complexity index is 388. The molecule has 1 aromatic rings. The number of rotatable bonds is 2. The lowest BCUT2D eigenvalue weighted by molar-refractivity contribution is 0.259. The van der Waals surface area contributed by atoms with Crippen molar-refractivity contribution in [2.75, 3.05) is 13.1 Å². The molecular weight excluding hydrogens is 214 g/mol. The number of nitrogens with zero attached hydrogens (tertiary/aromatic N) is 4. The maximum atomic E-state index is 6.23. The van der Waals surface area contributed by atoms with Gasteiger partial charge in [0.05, 0.1) is 6.54 Å². The molecule has 17 heavy (non-hydrogen) atoms. The summed E-state index contributed by atoms with van der Waals surface area (Å²) in [5, 5.41) is 8.09. The zero-order chi connectivity index (χ0) is 11.8. The Balaban J connectivity index is 1.65. The summed E-state index contributed by atoms with van der Waals surface area (Å²) in [4.78, 5) is 2.49. The van der Waals surface area contributed by atoms with Crippen LogP contribution in [0.4, 0.5) is 0 Å². The second-order valence-electron chi connectivity index (χ2n) is 5.57. The summed E-state index contributed by atoms with van der Waals surface area (Å²) in [6, 6.07) is 0.415. The molecule has 0 aromatic carbocycles. The average molecular weight is 235 g/mol. The van der Waals surface area contributed by atoms with Gasteiger partial charge < -0.3 is 10.3 Å². The zero-order valence-electron chi connectivity index (χ0n) is 10.4. The van der Waals surface area contributed by atoms with Gasteiger partial charge in [-0.1, -0.05) is 6.42 Å². The van der Waals surface area contributed by atoms with Gasteiger partial charge in [0.1, 0.15) is 12.2 Å². The third kappa shape index (κ3) is 2.09. The van der Waals surface area contributed by atoms with Crippen molar-refractivity contribution in [2.45, 2.75) is 31.8 Å².